The second-order valence-electron chi connectivity index (χ2n) is 6.63. The molecular weight excluding hydrogens is 397 g/mol. The fourth-order valence-corrected chi connectivity index (χ4v) is 2.86. The maximum Gasteiger partial charge on any atom is 0.225 e. The molecule has 0 unspecified atom stereocenters. The zero-order valence-corrected chi connectivity index (χ0v) is 17.0. The summed E-state index contributed by atoms with van der Waals surface area (Å²) >= 11 is 12.1. The zero-order valence-electron chi connectivity index (χ0n) is 15.5. The monoisotopic (exact) mass is 417 g/mol. The van der Waals surface area contributed by atoms with Gasteiger partial charge in [0, 0.05) is 29.7 Å². The summed E-state index contributed by atoms with van der Waals surface area (Å²) < 4.78 is 0. The molecule has 0 amide bonds. The maximum atomic E-state index is 9.64. The Bertz CT molecular complexity index is 937. The first kappa shape index (κ1) is 20.3. The molecule has 1 aromatic carbocycles. The highest BCUT2D eigenvalue weighted by Crippen LogP contribution is 2.28. The molecule has 0 aliphatic carbocycles. The van der Waals surface area contributed by atoms with E-state index in [4.69, 9.17) is 23.2 Å². The highest BCUT2D eigenvalue weighted by atomic mass is 35.5. The van der Waals surface area contributed by atoms with Crippen LogP contribution in [0.1, 0.15) is 13.8 Å². The largest absolute Gasteiger partial charge is 0.394 e. The van der Waals surface area contributed by atoms with Crippen molar-refractivity contribution in [1.82, 2.24) is 15.0 Å². The number of pyridine rings is 1. The number of nitrogens with one attached hydrogen (secondary N) is 2. The van der Waals surface area contributed by atoms with E-state index in [2.05, 4.69) is 25.6 Å². The number of aliphatic hydroxyl groups is 1. The molecule has 0 saturated carbocycles. The van der Waals surface area contributed by atoms with Gasteiger partial charge in [-0.15, -0.1) is 0 Å². The van der Waals surface area contributed by atoms with Crippen molar-refractivity contribution in [3.8, 4) is 11.3 Å². The van der Waals surface area contributed by atoms with E-state index < -0.39 is 0 Å². The smallest absolute Gasteiger partial charge is 0.225 e. The topological polar surface area (TPSA) is 83.0 Å². The molecule has 28 heavy (non-hydrogen) atoms. The van der Waals surface area contributed by atoms with Gasteiger partial charge in [-0.3, -0.25) is 4.98 Å². The van der Waals surface area contributed by atoms with Crippen molar-refractivity contribution in [1.29, 1.82) is 0 Å². The predicted octanol–water partition coefficient (Wildman–Crippen LogP) is 5.02. The number of hydrogen-bond donors (Lipinski definition) is 3. The second kappa shape index (κ2) is 9.19. The Morgan fingerprint density at radius 1 is 1.00 bits per heavy atom. The van der Waals surface area contributed by atoms with Crippen LogP contribution in [0.2, 0.25) is 10.0 Å². The van der Waals surface area contributed by atoms with Crippen LogP contribution in [0.4, 0.5) is 17.5 Å². The lowest BCUT2D eigenvalue weighted by atomic mass is 10.1. The summed E-state index contributed by atoms with van der Waals surface area (Å²) in [6, 6.07) is 10.7. The summed E-state index contributed by atoms with van der Waals surface area (Å²) in [7, 11) is 0. The van der Waals surface area contributed by atoms with Gasteiger partial charge >= 0.3 is 0 Å². The third-order valence-corrected chi connectivity index (χ3v) is 4.95. The van der Waals surface area contributed by atoms with Crippen molar-refractivity contribution in [2.45, 2.75) is 19.9 Å². The van der Waals surface area contributed by atoms with Gasteiger partial charge in [0.05, 0.1) is 28.4 Å². The number of anilines is 3. The van der Waals surface area contributed by atoms with Gasteiger partial charge in [-0.05, 0) is 36.2 Å². The molecule has 0 radical (unpaired) electrons. The second-order valence-corrected chi connectivity index (χ2v) is 7.44. The van der Waals surface area contributed by atoms with Gasteiger partial charge in [0.1, 0.15) is 5.82 Å². The van der Waals surface area contributed by atoms with Crippen LogP contribution in [0.15, 0.2) is 48.8 Å². The fraction of sp³-hybridized carbons (Fsp3) is 0.250. The van der Waals surface area contributed by atoms with E-state index in [0.717, 1.165) is 16.9 Å². The third-order valence-electron chi connectivity index (χ3n) is 4.21. The van der Waals surface area contributed by atoms with E-state index in [1.807, 2.05) is 38.1 Å². The molecule has 0 bridgehead atoms. The maximum absolute atomic E-state index is 9.64. The fourth-order valence-electron chi connectivity index (χ4n) is 2.56. The summed E-state index contributed by atoms with van der Waals surface area (Å²) in [5, 5.41) is 17.0. The number of aromatic nitrogens is 3. The van der Waals surface area contributed by atoms with Crippen LogP contribution in [0, 0.1) is 5.92 Å². The van der Waals surface area contributed by atoms with Gasteiger partial charge in [-0.25, -0.2) is 4.98 Å². The highest BCUT2D eigenvalue weighted by molar-refractivity contribution is 6.42. The molecule has 3 N–H and O–H groups in total. The normalized spacial score (nSPS) is 12.1. The number of benzene rings is 1. The van der Waals surface area contributed by atoms with E-state index in [1.54, 1.807) is 24.5 Å². The molecule has 6 nitrogen and oxygen atoms in total. The van der Waals surface area contributed by atoms with Crippen molar-refractivity contribution in [2.24, 2.45) is 5.92 Å². The van der Waals surface area contributed by atoms with E-state index in [-0.39, 0.29) is 18.6 Å². The van der Waals surface area contributed by atoms with Crippen molar-refractivity contribution in [2.75, 3.05) is 17.2 Å². The van der Waals surface area contributed by atoms with Gasteiger partial charge in [-0.2, -0.15) is 4.98 Å². The Labute approximate surface area is 174 Å². The number of halogens is 2. The Morgan fingerprint density at radius 2 is 1.75 bits per heavy atom. The summed E-state index contributed by atoms with van der Waals surface area (Å²) in [6.45, 7) is 4.03. The molecule has 3 rings (SSSR count). The highest BCUT2D eigenvalue weighted by Gasteiger charge is 2.15. The van der Waals surface area contributed by atoms with Crippen LogP contribution in [0.5, 0.6) is 0 Å². The molecule has 0 spiro atoms. The van der Waals surface area contributed by atoms with E-state index >= 15 is 0 Å². The van der Waals surface area contributed by atoms with E-state index in [1.165, 1.54) is 0 Å². The molecule has 1 atom stereocenters. The minimum Gasteiger partial charge on any atom is -0.394 e. The lowest BCUT2D eigenvalue weighted by Gasteiger charge is -2.20. The van der Waals surface area contributed by atoms with Crippen LogP contribution in [0.25, 0.3) is 11.3 Å². The van der Waals surface area contributed by atoms with Gasteiger partial charge in [-0.1, -0.05) is 37.0 Å². The Kier molecular flexibility index (Phi) is 6.67. The molecule has 0 fully saturated rings. The lowest BCUT2D eigenvalue weighted by Crippen LogP contribution is -2.30. The van der Waals surface area contributed by atoms with E-state index in [0.29, 0.717) is 21.8 Å². The summed E-state index contributed by atoms with van der Waals surface area (Å²) in [4.78, 5) is 13.2. The van der Waals surface area contributed by atoms with Crippen molar-refractivity contribution >= 4 is 40.7 Å². The van der Waals surface area contributed by atoms with Crippen LogP contribution >= 0.6 is 23.2 Å². The Hall–Kier alpha value is -2.41. The molecule has 8 heteroatoms. The number of aliphatic hydroxyl groups excluding tert-OH is 1. The van der Waals surface area contributed by atoms with Gasteiger partial charge < -0.3 is 15.7 Å². The standard InChI is InChI=1S/C20H21Cl2N5O/c1-12(2)18(11-28)26-20-25-17(13-5-7-23-8-6-13)10-19(27-20)24-14-3-4-15(21)16(22)9-14/h3-10,12,18,28H,11H2,1-2H3,(H2,24,25,26,27)/t18-/m1/s1. The Morgan fingerprint density at radius 3 is 2.39 bits per heavy atom. The summed E-state index contributed by atoms with van der Waals surface area (Å²) in [5.74, 6) is 1.22. The minimum absolute atomic E-state index is 0.0178. The summed E-state index contributed by atoms with van der Waals surface area (Å²) in [5.41, 5.74) is 2.38. The first-order chi connectivity index (χ1) is 13.5. The molecule has 0 saturated heterocycles. The third kappa shape index (κ3) is 5.10. The molecule has 0 aliphatic rings. The Balaban J connectivity index is 1.97. The van der Waals surface area contributed by atoms with E-state index in [9.17, 15) is 5.11 Å². The van der Waals surface area contributed by atoms with Gasteiger partial charge in [0.2, 0.25) is 5.95 Å². The van der Waals surface area contributed by atoms with Crippen molar-refractivity contribution < 1.29 is 5.11 Å². The predicted molar refractivity (Wildman–Crippen MR) is 114 cm³/mol. The first-order valence-electron chi connectivity index (χ1n) is 8.85. The van der Waals surface area contributed by atoms with Crippen LogP contribution < -0.4 is 10.6 Å². The lowest BCUT2D eigenvalue weighted by molar-refractivity contribution is 0.248. The zero-order chi connectivity index (χ0) is 20.1. The minimum atomic E-state index is -0.162. The molecule has 3 aromatic rings. The molecule has 0 aliphatic heterocycles. The van der Waals surface area contributed by atoms with Crippen molar-refractivity contribution in [3.63, 3.8) is 0 Å². The first-order valence-corrected chi connectivity index (χ1v) is 9.61. The van der Waals surface area contributed by atoms with Crippen LogP contribution in [-0.2, 0) is 0 Å². The number of hydrogen-bond acceptors (Lipinski definition) is 6. The van der Waals surface area contributed by atoms with Gasteiger partial charge in [0.15, 0.2) is 0 Å². The number of rotatable bonds is 7. The SMILES string of the molecule is CC(C)[C@@H](CO)Nc1nc(Nc2ccc(Cl)c(Cl)c2)cc(-c2ccncc2)n1. The molecular formula is C20H21Cl2N5O. The van der Waals surface area contributed by atoms with Gasteiger partial charge in [0.25, 0.3) is 0 Å². The summed E-state index contributed by atoms with van der Waals surface area (Å²) in [6.07, 6.45) is 3.42. The van der Waals surface area contributed by atoms with Crippen LogP contribution in [-0.4, -0.2) is 32.7 Å². The van der Waals surface area contributed by atoms with Crippen LogP contribution in [0.3, 0.4) is 0 Å². The average molecular weight is 418 g/mol. The van der Waals surface area contributed by atoms with Crippen molar-refractivity contribution in [3.05, 3.63) is 58.8 Å². The quantitative estimate of drug-likeness (QED) is 0.500. The number of nitrogens with zero attached hydrogens (tertiary/aromatic N) is 3. The molecule has 2 heterocycles. The molecule has 2 aromatic heterocycles. The average Bonchev–Trinajstić information content (AvgIpc) is 2.69. The molecule has 146 valence electrons.